The predicted molar refractivity (Wildman–Crippen MR) is 104 cm³/mol. The minimum absolute atomic E-state index is 0.648. The Bertz CT molecular complexity index is 742. The van der Waals surface area contributed by atoms with Gasteiger partial charge in [-0.2, -0.15) is 0 Å². The van der Waals surface area contributed by atoms with E-state index in [4.69, 9.17) is 0 Å². The van der Waals surface area contributed by atoms with Gasteiger partial charge in [0, 0.05) is 0 Å². The summed E-state index contributed by atoms with van der Waals surface area (Å²) in [6, 6.07) is 16.1. The second-order valence-electron chi connectivity index (χ2n) is 7.69. The van der Waals surface area contributed by atoms with Crippen LogP contribution in [0.2, 0.25) is 0 Å². The van der Waals surface area contributed by atoms with Crippen LogP contribution in [0.3, 0.4) is 0 Å². The molecule has 0 spiro atoms. The fraction of sp³-hybridized carbons (Fsp3) is 0.417. The standard InChI is InChI=1S/C24H28/c1-3-17(2)18-11-13-20(14-12-18)23-10-6-9-21-15-22(16-24(21)23)19-7-4-5-8-19/h6,9-14,16-17,19H,3-5,7-8,15H2,1-2H3. The third-order valence-corrected chi connectivity index (χ3v) is 6.20. The van der Waals surface area contributed by atoms with Gasteiger partial charge >= 0.3 is 0 Å². The Labute approximate surface area is 146 Å². The molecular formula is C24H28. The fourth-order valence-corrected chi connectivity index (χ4v) is 4.43. The smallest absolute Gasteiger partial charge is 0.00548 e. The summed E-state index contributed by atoms with van der Waals surface area (Å²) in [6.45, 7) is 4.57. The first-order valence-corrected chi connectivity index (χ1v) is 9.69. The molecule has 0 nitrogen and oxygen atoms in total. The van der Waals surface area contributed by atoms with Gasteiger partial charge in [0.05, 0.1) is 0 Å². The van der Waals surface area contributed by atoms with Crippen LogP contribution < -0.4 is 0 Å². The molecule has 0 aromatic heterocycles. The highest BCUT2D eigenvalue weighted by molar-refractivity contribution is 5.81. The molecule has 4 rings (SSSR count). The minimum Gasteiger partial charge on any atom is -0.0648 e. The zero-order valence-corrected chi connectivity index (χ0v) is 15.0. The van der Waals surface area contributed by atoms with Gasteiger partial charge in [0.2, 0.25) is 0 Å². The molecule has 0 saturated heterocycles. The van der Waals surface area contributed by atoms with Crippen molar-refractivity contribution in [2.45, 2.75) is 58.3 Å². The molecule has 2 aliphatic rings. The van der Waals surface area contributed by atoms with Crippen molar-refractivity contribution in [1.82, 2.24) is 0 Å². The Morgan fingerprint density at radius 3 is 2.46 bits per heavy atom. The van der Waals surface area contributed by atoms with Crippen LogP contribution in [0.1, 0.15) is 68.6 Å². The topological polar surface area (TPSA) is 0 Å². The molecule has 0 heterocycles. The summed E-state index contributed by atoms with van der Waals surface area (Å²) in [4.78, 5) is 0. The van der Waals surface area contributed by atoms with E-state index in [9.17, 15) is 0 Å². The van der Waals surface area contributed by atoms with Crippen LogP contribution in [0.4, 0.5) is 0 Å². The molecule has 0 bridgehead atoms. The quantitative estimate of drug-likeness (QED) is 0.570. The Morgan fingerprint density at radius 1 is 1.00 bits per heavy atom. The van der Waals surface area contributed by atoms with E-state index in [1.54, 1.807) is 5.57 Å². The Morgan fingerprint density at radius 2 is 1.75 bits per heavy atom. The van der Waals surface area contributed by atoms with Crippen molar-refractivity contribution < 1.29 is 0 Å². The maximum absolute atomic E-state index is 2.52. The lowest BCUT2D eigenvalue weighted by atomic mass is 9.93. The lowest BCUT2D eigenvalue weighted by Gasteiger charge is -2.12. The van der Waals surface area contributed by atoms with Gasteiger partial charge in [0.25, 0.3) is 0 Å². The van der Waals surface area contributed by atoms with E-state index in [0.29, 0.717) is 5.92 Å². The molecule has 24 heavy (non-hydrogen) atoms. The predicted octanol–water partition coefficient (Wildman–Crippen LogP) is 7.00. The molecule has 0 aliphatic heterocycles. The van der Waals surface area contributed by atoms with E-state index >= 15 is 0 Å². The molecular weight excluding hydrogens is 288 g/mol. The van der Waals surface area contributed by atoms with Crippen molar-refractivity contribution in [2.24, 2.45) is 5.92 Å². The van der Waals surface area contributed by atoms with E-state index in [1.165, 1.54) is 66.3 Å². The number of benzene rings is 2. The van der Waals surface area contributed by atoms with Crippen molar-refractivity contribution in [1.29, 1.82) is 0 Å². The van der Waals surface area contributed by atoms with Crippen LogP contribution in [0.5, 0.6) is 0 Å². The van der Waals surface area contributed by atoms with E-state index in [2.05, 4.69) is 62.4 Å². The van der Waals surface area contributed by atoms with Crippen LogP contribution in [0.25, 0.3) is 17.2 Å². The highest BCUT2D eigenvalue weighted by atomic mass is 14.3. The highest BCUT2D eigenvalue weighted by Gasteiger charge is 2.24. The van der Waals surface area contributed by atoms with Gasteiger partial charge in [-0.15, -0.1) is 0 Å². The third kappa shape index (κ3) is 2.83. The number of hydrogen-bond donors (Lipinski definition) is 0. The molecule has 2 aromatic rings. The Hall–Kier alpha value is -1.82. The van der Waals surface area contributed by atoms with Crippen LogP contribution >= 0.6 is 0 Å². The first kappa shape index (κ1) is 15.7. The van der Waals surface area contributed by atoms with Crippen LogP contribution in [0.15, 0.2) is 48.0 Å². The van der Waals surface area contributed by atoms with Gasteiger partial charge in [0.15, 0.2) is 0 Å². The van der Waals surface area contributed by atoms with Crippen LogP contribution in [-0.4, -0.2) is 0 Å². The summed E-state index contributed by atoms with van der Waals surface area (Å²) in [5.74, 6) is 1.49. The second-order valence-corrected chi connectivity index (χ2v) is 7.69. The van der Waals surface area contributed by atoms with Gasteiger partial charge in [0.1, 0.15) is 0 Å². The molecule has 1 unspecified atom stereocenters. The van der Waals surface area contributed by atoms with E-state index in [0.717, 1.165) is 5.92 Å². The molecule has 0 radical (unpaired) electrons. The molecule has 0 amide bonds. The van der Waals surface area contributed by atoms with E-state index in [1.807, 2.05) is 0 Å². The first-order chi connectivity index (χ1) is 11.8. The average molecular weight is 316 g/mol. The first-order valence-electron chi connectivity index (χ1n) is 9.69. The third-order valence-electron chi connectivity index (χ3n) is 6.20. The normalized spacial score (nSPS) is 18.5. The Balaban J connectivity index is 1.67. The van der Waals surface area contributed by atoms with Gasteiger partial charge in [-0.1, -0.05) is 80.8 Å². The number of rotatable bonds is 4. The fourth-order valence-electron chi connectivity index (χ4n) is 4.43. The lowest BCUT2D eigenvalue weighted by Crippen LogP contribution is -1.97. The molecule has 2 aromatic carbocycles. The van der Waals surface area contributed by atoms with Crippen LogP contribution in [0, 0.1) is 5.92 Å². The van der Waals surface area contributed by atoms with E-state index < -0.39 is 0 Å². The minimum atomic E-state index is 0.648. The maximum atomic E-state index is 2.52. The molecule has 1 saturated carbocycles. The average Bonchev–Trinajstić information content (AvgIpc) is 3.29. The van der Waals surface area contributed by atoms with Gasteiger partial charge in [-0.25, -0.2) is 0 Å². The zero-order chi connectivity index (χ0) is 16.5. The van der Waals surface area contributed by atoms with Gasteiger partial charge < -0.3 is 0 Å². The van der Waals surface area contributed by atoms with Crippen molar-refractivity contribution >= 4 is 6.08 Å². The van der Waals surface area contributed by atoms with Gasteiger partial charge in [-0.3, -0.25) is 0 Å². The maximum Gasteiger partial charge on any atom is -0.00548 e. The number of allylic oxidation sites excluding steroid dienone is 1. The summed E-state index contributed by atoms with van der Waals surface area (Å²) >= 11 is 0. The van der Waals surface area contributed by atoms with Crippen molar-refractivity contribution in [3.05, 3.63) is 64.7 Å². The lowest BCUT2D eigenvalue weighted by molar-refractivity contribution is 0.634. The van der Waals surface area contributed by atoms with Crippen molar-refractivity contribution in [2.75, 3.05) is 0 Å². The monoisotopic (exact) mass is 316 g/mol. The van der Waals surface area contributed by atoms with Crippen molar-refractivity contribution in [3.8, 4) is 11.1 Å². The summed E-state index contributed by atoms with van der Waals surface area (Å²) in [7, 11) is 0. The largest absolute Gasteiger partial charge is 0.0648 e. The molecule has 1 atom stereocenters. The second kappa shape index (κ2) is 6.59. The summed E-state index contributed by atoms with van der Waals surface area (Å²) < 4.78 is 0. The number of fused-ring (bicyclic) bond motifs is 1. The number of hydrogen-bond acceptors (Lipinski definition) is 0. The molecule has 2 aliphatic carbocycles. The molecule has 1 fully saturated rings. The Kier molecular flexibility index (Phi) is 4.31. The highest BCUT2D eigenvalue weighted by Crippen LogP contribution is 2.41. The zero-order valence-electron chi connectivity index (χ0n) is 15.0. The van der Waals surface area contributed by atoms with Gasteiger partial charge in [-0.05, 0) is 65.3 Å². The summed E-state index contributed by atoms with van der Waals surface area (Å²) in [5, 5.41) is 0. The summed E-state index contributed by atoms with van der Waals surface area (Å²) in [5.41, 5.74) is 8.93. The molecule has 0 N–H and O–H groups in total. The molecule has 124 valence electrons. The summed E-state index contributed by atoms with van der Waals surface area (Å²) in [6.07, 6.45) is 10.5. The van der Waals surface area contributed by atoms with Crippen molar-refractivity contribution in [3.63, 3.8) is 0 Å². The SMILES string of the molecule is CCC(C)c1ccc(-c2cccc3c2C=C(C2CCCC2)C3)cc1. The van der Waals surface area contributed by atoms with E-state index in [-0.39, 0.29) is 0 Å². The molecule has 0 heteroatoms. The van der Waals surface area contributed by atoms with Crippen LogP contribution in [-0.2, 0) is 6.42 Å².